The molecule has 5 heteroatoms. The van der Waals surface area contributed by atoms with Gasteiger partial charge in [-0.1, -0.05) is 26.0 Å². The highest BCUT2D eigenvalue weighted by Gasteiger charge is 2.06. The number of rotatable bonds is 5. The fourth-order valence-corrected chi connectivity index (χ4v) is 2.12. The average Bonchev–Trinajstić information content (AvgIpc) is 2.79. The predicted molar refractivity (Wildman–Crippen MR) is 80.4 cm³/mol. The van der Waals surface area contributed by atoms with E-state index in [1.807, 2.05) is 35.8 Å². The van der Waals surface area contributed by atoms with Crippen LogP contribution in [0.25, 0.3) is 11.0 Å². The maximum absolute atomic E-state index is 11.9. The summed E-state index contributed by atoms with van der Waals surface area (Å²) < 4.78 is 1.82. The number of imidazole rings is 1. The van der Waals surface area contributed by atoms with Crippen LogP contribution in [0.2, 0.25) is 0 Å². The monoisotopic (exact) mass is 272 g/mol. The molecule has 106 valence electrons. The number of hydrazone groups is 1. The van der Waals surface area contributed by atoms with E-state index in [1.54, 1.807) is 6.33 Å². The smallest absolute Gasteiger partial charge is 0.260 e. The van der Waals surface area contributed by atoms with E-state index in [0.717, 1.165) is 23.2 Å². The minimum absolute atomic E-state index is 0.142. The van der Waals surface area contributed by atoms with Gasteiger partial charge in [0, 0.05) is 5.71 Å². The molecule has 0 unspecified atom stereocenters. The van der Waals surface area contributed by atoms with Gasteiger partial charge in [-0.2, -0.15) is 5.10 Å². The molecule has 1 aromatic heterocycles. The van der Waals surface area contributed by atoms with Crippen LogP contribution in [0, 0.1) is 5.92 Å². The van der Waals surface area contributed by atoms with Gasteiger partial charge in [-0.15, -0.1) is 0 Å². The summed E-state index contributed by atoms with van der Waals surface area (Å²) in [5, 5.41) is 4.11. The Labute approximate surface area is 118 Å². The molecule has 0 radical (unpaired) electrons. The van der Waals surface area contributed by atoms with Crippen molar-refractivity contribution in [3.63, 3.8) is 0 Å². The molecule has 0 aliphatic rings. The quantitative estimate of drug-likeness (QED) is 0.671. The lowest BCUT2D eigenvalue weighted by Gasteiger charge is -2.06. The standard InChI is InChI=1S/C15H20N4O/c1-11(2)8-12(3)17-18-15(20)9-19-10-16-13-6-4-5-7-14(13)19/h4-7,10-11H,8-9H2,1-3H3,(H,18,20)/b17-12+. The molecule has 20 heavy (non-hydrogen) atoms. The van der Waals surface area contributed by atoms with Gasteiger partial charge >= 0.3 is 0 Å². The Morgan fingerprint density at radius 1 is 1.40 bits per heavy atom. The van der Waals surface area contributed by atoms with Crippen LogP contribution in [-0.2, 0) is 11.3 Å². The molecule has 0 saturated heterocycles. The Hall–Kier alpha value is -2.17. The zero-order chi connectivity index (χ0) is 14.5. The van der Waals surface area contributed by atoms with Crippen molar-refractivity contribution in [1.82, 2.24) is 15.0 Å². The highest BCUT2D eigenvalue weighted by atomic mass is 16.2. The molecular weight excluding hydrogens is 252 g/mol. The average molecular weight is 272 g/mol. The molecule has 0 bridgehead atoms. The van der Waals surface area contributed by atoms with E-state index in [2.05, 4.69) is 29.4 Å². The van der Waals surface area contributed by atoms with Crippen molar-refractivity contribution in [2.45, 2.75) is 33.7 Å². The van der Waals surface area contributed by atoms with Gasteiger partial charge < -0.3 is 4.57 Å². The largest absolute Gasteiger partial charge is 0.321 e. The van der Waals surface area contributed by atoms with Crippen molar-refractivity contribution in [1.29, 1.82) is 0 Å². The van der Waals surface area contributed by atoms with E-state index in [0.29, 0.717) is 5.92 Å². The zero-order valence-corrected chi connectivity index (χ0v) is 12.1. The van der Waals surface area contributed by atoms with Gasteiger partial charge in [0.05, 0.1) is 17.4 Å². The van der Waals surface area contributed by atoms with Gasteiger partial charge in [0.15, 0.2) is 0 Å². The second-order valence-electron chi connectivity index (χ2n) is 5.34. The van der Waals surface area contributed by atoms with Gasteiger partial charge in [-0.25, -0.2) is 10.4 Å². The Kier molecular flexibility index (Phi) is 4.50. The van der Waals surface area contributed by atoms with E-state index >= 15 is 0 Å². The summed E-state index contributed by atoms with van der Waals surface area (Å²) in [6.07, 6.45) is 2.56. The van der Waals surface area contributed by atoms with E-state index in [-0.39, 0.29) is 12.5 Å². The van der Waals surface area contributed by atoms with Crippen LogP contribution in [-0.4, -0.2) is 21.2 Å². The first-order valence-electron chi connectivity index (χ1n) is 6.78. The maximum atomic E-state index is 11.9. The van der Waals surface area contributed by atoms with Crippen molar-refractivity contribution < 1.29 is 4.79 Å². The third-order valence-corrected chi connectivity index (χ3v) is 2.92. The second-order valence-corrected chi connectivity index (χ2v) is 5.34. The molecule has 0 fully saturated rings. The lowest BCUT2D eigenvalue weighted by Crippen LogP contribution is -2.24. The van der Waals surface area contributed by atoms with Crippen molar-refractivity contribution >= 4 is 22.7 Å². The van der Waals surface area contributed by atoms with Crippen molar-refractivity contribution in [2.75, 3.05) is 0 Å². The first-order chi connectivity index (χ1) is 9.56. The SMILES string of the molecule is C/C(CC(C)C)=N\NC(=O)Cn1cnc2ccccc21. The molecule has 0 aliphatic carbocycles. The number of para-hydroxylation sites is 2. The van der Waals surface area contributed by atoms with Crippen LogP contribution in [0.15, 0.2) is 35.7 Å². The van der Waals surface area contributed by atoms with Crippen LogP contribution in [0.3, 0.4) is 0 Å². The van der Waals surface area contributed by atoms with Crippen LogP contribution in [0.5, 0.6) is 0 Å². The number of fused-ring (bicyclic) bond motifs is 1. The number of hydrogen-bond donors (Lipinski definition) is 1. The number of amides is 1. The van der Waals surface area contributed by atoms with E-state index < -0.39 is 0 Å². The summed E-state index contributed by atoms with van der Waals surface area (Å²) in [7, 11) is 0. The summed E-state index contributed by atoms with van der Waals surface area (Å²) in [6.45, 7) is 6.39. The minimum Gasteiger partial charge on any atom is -0.321 e. The Morgan fingerprint density at radius 2 is 2.15 bits per heavy atom. The highest BCUT2D eigenvalue weighted by molar-refractivity contribution is 5.85. The molecule has 2 rings (SSSR count). The fourth-order valence-electron chi connectivity index (χ4n) is 2.12. The molecule has 0 atom stereocenters. The molecule has 1 N–H and O–H groups in total. The summed E-state index contributed by atoms with van der Waals surface area (Å²) >= 11 is 0. The third-order valence-electron chi connectivity index (χ3n) is 2.92. The van der Waals surface area contributed by atoms with E-state index in [4.69, 9.17) is 0 Å². The summed E-state index contributed by atoms with van der Waals surface area (Å²) in [6, 6.07) is 7.74. The highest BCUT2D eigenvalue weighted by Crippen LogP contribution is 2.11. The van der Waals surface area contributed by atoms with E-state index in [1.165, 1.54) is 0 Å². The number of nitrogens with zero attached hydrogens (tertiary/aromatic N) is 3. The number of hydrogen-bond acceptors (Lipinski definition) is 3. The van der Waals surface area contributed by atoms with Crippen molar-refractivity contribution in [3.05, 3.63) is 30.6 Å². The third kappa shape index (κ3) is 3.66. The topological polar surface area (TPSA) is 59.3 Å². The van der Waals surface area contributed by atoms with Crippen LogP contribution in [0.4, 0.5) is 0 Å². The first-order valence-corrected chi connectivity index (χ1v) is 6.78. The molecule has 0 saturated carbocycles. The van der Waals surface area contributed by atoms with Gasteiger partial charge in [-0.05, 0) is 31.4 Å². The molecule has 1 heterocycles. The Bertz CT molecular complexity index is 628. The fraction of sp³-hybridized carbons (Fsp3) is 0.400. The van der Waals surface area contributed by atoms with Crippen LogP contribution in [0.1, 0.15) is 27.2 Å². The number of carbonyl (C=O) groups is 1. The van der Waals surface area contributed by atoms with E-state index in [9.17, 15) is 4.79 Å². The first kappa shape index (κ1) is 14.2. The number of aromatic nitrogens is 2. The number of benzene rings is 1. The molecular formula is C15H20N4O. The van der Waals surface area contributed by atoms with Gasteiger partial charge in [0.2, 0.25) is 0 Å². The lowest BCUT2D eigenvalue weighted by molar-refractivity contribution is -0.121. The zero-order valence-electron chi connectivity index (χ0n) is 12.1. The molecule has 1 amide bonds. The summed E-state index contributed by atoms with van der Waals surface area (Å²) in [4.78, 5) is 16.1. The number of nitrogens with one attached hydrogen (secondary N) is 1. The van der Waals surface area contributed by atoms with Gasteiger partial charge in [0.25, 0.3) is 5.91 Å². The summed E-state index contributed by atoms with van der Waals surface area (Å²) in [5.41, 5.74) is 5.36. The predicted octanol–water partition coefficient (Wildman–Crippen LogP) is 2.57. The van der Waals surface area contributed by atoms with Crippen molar-refractivity contribution in [3.8, 4) is 0 Å². The summed E-state index contributed by atoms with van der Waals surface area (Å²) in [5.74, 6) is 0.393. The molecule has 0 aliphatic heterocycles. The normalized spacial score (nSPS) is 12.1. The van der Waals surface area contributed by atoms with Crippen molar-refractivity contribution in [2.24, 2.45) is 11.0 Å². The Balaban J connectivity index is 1.98. The molecule has 0 spiro atoms. The lowest BCUT2D eigenvalue weighted by atomic mass is 10.1. The number of carbonyl (C=O) groups excluding carboxylic acids is 1. The van der Waals surface area contributed by atoms with Crippen LogP contribution >= 0.6 is 0 Å². The van der Waals surface area contributed by atoms with Crippen LogP contribution < -0.4 is 5.43 Å². The molecule has 2 aromatic rings. The Morgan fingerprint density at radius 3 is 2.90 bits per heavy atom. The maximum Gasteiger partial charge on any atom is 0.260 e. The van der Waals surface area contributed by atoms with Gasteiger partial charge in [-0.3, -0.25) is 4.79 Å². The second kappa shape index (κ2) is 6.32. The molecule has 5 nitrogen and oxygen atoms in total. The van der Waals surface area contributed by atoms with Gasteiger partial charge in [0.1, 0.15) is 6.54 Å². The minimum atomic E-state index is -0.142. The molecule has 1 aromatic carbocycles.